The number of phenolic OH excluding ortho intramolecular Hbond substituents is 2. The van der Waals surface area contributed by atoms with Crippen LogP contribution in [-0.4, -0.2) is 106 Å². The highest BCUT2D eigenvalue weighted by atomic mass is 32.2. The summed E-state index contributed by atoms with van der Waals surface area (Å²) in [5.74, 6) is -3.42. The van der Waals surface area contributed by atoms with Crippen LogP contribution in [0, 0.1) is 0 Å². The van der Waals surface area contributed by atoms with Crippen LogP contribution in [0.4, 0.5) is 0 Å². The number of carbonyl (C=O) groups excluding carboxylic acids is 4. The number of thioether (sulfide) groups is 2. The molecule has 0 radical (unpaired) electrons. The highest BCUT2D eigenvalue weighted by Crippen LogP contribution is 2.42. The van der Waals surface area contributed by atoms with Crippen molar-refractivity contribution in [1.29, 1.82) is 0 Å². The van der Waals surface area contributed by atoms with Crippen LogP contribution >= 0.6 is 23.5 Å². The molecule has 4 aliphatic rings. The van der Waals surface area contributed by atoms with Crippen LogP contribution < -0.4 is 22.1 Å². The van der Waals surface area contributed by atoms with Gasteiger partial charge in [-0.3, -0.25) is 29.0 Å². The average molecular weight is 797 g/mol. The highest BCUT2D eigenvalue weighted by molar-refractivity contribution is 8.00. The van der Waals surface area contributed by atoms with Crippen LogP contribution in [0.25, 0.3) is 0 Å². The number of hydrogen-bond donors (Lipinski definition) is 8. The first-order valence-electron chi connectivity index (χ1n) is 16.5. The Hall–Kier alpha value is -5.60. The Morgan fingerprint density at radius 3 is 1.31 bits per heavy atom. The fourth-order valence-corrected chi connectivity index (χ4v) is 8.73. The molecule has 0 bridgehead atoms. The lowest BCUT2D eigenvalue weighted by molar-refractivity contribution is -0.150. The van der Waals surface area contributed by atoms with Crippen molar-refractivity contribution in [2.75, 3.05) is 11.5 Å². The number of carbonyl (C=O) groups is 6. The number of nitrogens with zero attached hydrogens (tertiary/aromatic N) is 2. The first-order chi connectivity index (χ1) is 25.7. The predicted molar refractivity (Wildman–Crippen MR) is 203 cm³/mol. The van der Waals surface area contributed by atoms with Gasteiger partial charge in [-0.1, -0.05) is 48.6 Å². The number of rotatable bonds is 10. The lowest BCUT2D eigenvalue weighted by Crippen LogP contribution is -2.71. The molecule has 19 heteroatoms. The van der Waals surface area contributed by atoms with Crippen molar-refractivity contribution >= 4 is 59.1 Å². The minimum absolute atomic E-state index is 0. The van der Waals surface area contributed by atoms with Crippen molar-refractivity contribution < 1.29 is 54.7 Å². The van der Waals surface area contributed by atoms with Gasteiger partial charge in [-0.25, -0.2) is 9.59 Å². The fourth-order valence-electron chi connectivity index (χ4n) is 6.10. The number of carboxylic acids is 2. The Balaban J connectivity index is 0.000000240. The molecule has 0 aliphatic carbocycles. The van der Waals surface area contributed by atoms with E-state index in [1.807, 2.05) is 0 Å². The van der Waals surface area contributed by atoms with Gasteiger partial charge in [0, 0.05) is 11.5 Å². The molecule has 2 saturated heterocycles. The maximum atomic E-state index is 12.5. The Kier molecular flexibility index (Phi) is 13.6. The van der Waals surface area contributed by atoms with Crippen LogP contribution in [-0.2, 0) is 28.8 Å². The zero-order chi connectivity index (χ0) is 39.4. The Bertz CT molecular complexity index is 1840. The second-order valence-corrected chi connectivity index (χ2v) is 14.5. The van der Waals surface area contributed by atoms with Gasteiger partial charge < -0.3 is 48.0 Å². The van der Waals surface area contributed by atoms with Crippen molar-refractivity contribution in [3.05, 3.63) is 107 Å². The highest BCUT2D eigenvalue weighted by Gasteiger charge is 2.55. The maximum absolute atomic E-state index is 12.5. The number of β-lactam (4-membered cyclic amide) rings is 2. The summed E-state index contributed by atoms with van der Waals surface area (Å²) < 4.78 is 0. The van der Waals surface area contributed by atoms with Gasteiger partial charge in [0.1, 0.15) is 57.8 Å². The lowest BCUT2D eigenvalue weighted by atomic mass is 10.0. The number of nitrogens with one attached hydrogen (secondary N) is 2. The van der Waals surface area contributed by atoms with Crippen molar-refractivity contribution in [2.45, 2.75) is 48.8 Å². The molecule has 6 atom stereocenters. The number of amides is 4. The molecular weight excluding hydrogens is 757 g/mol. The molecule has 0 spiro atoms. The molecular formula is C36H40N6O11S2. The minimum atomic E-state index is -1.17. The van der Waals surface area contributed by atoms with Gasteiger partial charge in [0.05, 0.1) is 0 Å². The van der Waals surface area contributed by atoms with Gasteiger partial charge in [0.15, 0.2) is 0 Å². The molecule has 4 amide bonds. The van der Waals surface area contributed by atoms with Crippen molar-refractivity contribution in [3.63, 3.8) is 0 Å². The van der Waals surface area contributed by atoms with E-state index >= 15 is 0 Å². The number of nitrogens with two attached hydrogens (primary N) is 2. The number of fused-ring (bicyclic) bond motifs is 2. The van der Waals surface area contributed by atoms with E-state index in [4.69, 9.17) is 11.5 Å². The smallest absolute Gasteiger partial charge is 0.352 e. The zero-order valence-electron chi connectivity index (χ0n) is 29.4. The normalized spacial score (nSPS) is 22.6. The van der Waals surface area contributed by atoms with Crippen LogP contribution in [0.5, 0.6) is 11.5 Å². The van der Waals surface area contributed by atoms with E-state index in [0.717, 1.165) is 0 Å². The molecule has 4 aliphatic heterocycles. The van der Waals surface area contributed by atoms with Gasteiger partial charge >= 0.3 is 11.9 Å². The van der Waals surface area contributed by atoms with Crippen molar-refractivity contribution in [3.8, 4) is 11.5 Å². The third kappa shape index (κ3) is 8.55. The van der Waals surface area contributed by atoms with E-state index in [-0.39, 0.29) is 28.4 Å². The number of allylic oxidation sites excluding steroid dienone is 4. The third-order valence-electron chi connectivity index (χ3n) is 8.80. The molecule has 2 aromatic carbocycles. The number of aromatic hydroxyl groups is 2. The summed E-state index contributed by atoms with van der Waals surface area (Å²) in [7, 11) is 0. The summed E-state index contributed by atoms with van der Waals surface area (Å²) in [6.07, 6.45) is 6.79. The SMILES string of the molecule is C/C=C\C1=C(C(=O)O)N2C(=O)[C@@H](NC(=O)[C@H](N)c3ccc(O)cc3)[C@H]2SC1.C/C=C\C1=C(C(=O)O)N2C(=O)[C@@H](NC(=O)[C@H](N)c3ccc(O)cc3)[C@H]2SC1.O. The van der Waals surface area contributed by atoms with Crippen LogP contribution in [0.15, 0.2) is 95.4 Å². The number of aliphatic carboxylic acids is 2. The first-order valence-corrected chi connectivity index (χ1v) is 18.6. The van der Waals surface area contributed by atoms with Crippen LogP contribution in [0.2, 0.25) is 0 Å². The first kappa shape index (κ1) is 42.1. The Morgan fingerprint density at radius 2 is 1.02 bits per heavy atom. The number of phenols is 2. The molecule has 6 rings (SSSR count). The topological polar surface area (TPSA) is 297 Å². The van der Waals surface area contributed by atoms with Crippen LogP contribution in [0.3, 0.4) is 0 Å². The largest absolute Gasteiger partial charge is 0.508 e. The fraction of sp³-hybridized carbons (Fsp3) is 0.278. The van der Waals surface area contributed by atoms with E-state index in [0.29, 0.717) is 33.8 Å². The van der Waals surface area contributed by atoms with E-state index < -0.39 is 70.5 Å². The van der Waals surface area contributed by atoms with E-state index in [2.05, 4.69) is 10.6 Å². The number of carboxylic acid groups (broad SMARTS) is 2. The van der Waals surface area contributed by atoms with Gasteiger partial charge in [0.2, 0.25) is 11.8 Å². The zero-order valence-corrected chi connectivity index (χ0v) is 31.0. The monoisotopic (exact) mass is 796 g/mol. The summed E-state index contributed by atoms with van der Waals surface area (Å²) in [6.45, 7) is 3.55. The molecule has 0 saturated carbocycles. The quantitative estimate of drug-likeness (QED) is 0.153. The van der Waals surface area contributed by atoms with Gasteiger partial charge in [-0.15, -0.1) is 23.5 Å². The van der Waals surface area contributed by atoms with Gasteiger partial charge in [-0.05, 0) is 60.4 Å². The maximum Gasteiger partial charge on any atom is 0.352 e. The molecule has 2 fully saturated rings. The van der Waals surface area contributed by atoms with E-state index in [1.54, 1.807) is 38.2 Å². The molecule has 292 valence electrons. The molecule has 0 aromatic heterocycles. The van der Waals surface area contributed by atoms with Crippen molar-refractivity contribution in [1.82, 2.24) is 20.4 Å². The predicted octanol–water partition coefficient (Wildman–Crippen LogP) is 0.589. The summed E-state index contributed by atoms with van der Waals surface area (Å²) in [6, 6.07) is 8.12. The molecule has 2 aromatic rings. The molecule has 12 N–H and O–H groups in total. The number of benzene rings is 2. The Morgan fingerprint density at radius 1 is 0.691 bits per heavy atom. The minimum Gasteiger partial charge on any atom is -0.508 e. The van der Waals surface area contributed by atoms with Gasteiger partial charge in [-0.2, -0.15) is 0 Å². The lowest BCUT2D eigenvalue weighted by Gasteiger charge is -2.49. The third-order valence-corrected chi connectivity index (χ3v) is 11.4. The molecule has 4 heterocycles. The van der Waals surface area contributed by atoms with E-state index in [9.17, 15) is 49.2 Å². The van der Waals surface area contributed by atoms with Crippen molar-refractivity contribution in [2.24, 2.45) is 11.5 Å². The summed E-state index contributed by atoms with van der Waals surface area (Å²) in [5, 5.41) is 41.9. The standard InChI is InChI=1S/2C18H19N3O5S.H2O/c2*1-2-3-10-8-27-17-13(16(24)21(17)14(10)18(25)26)20-15(23)12(19)9-4-6-11(22)7-5-9;/h2*2-7,12-13,17,22H,8,19H2,1H3,(H,20,23)(H,25,26);1H2/b2*3-2-;/t2*12-,13-,17-;/m11./s1. The molecule has 0 unspecified atom stereocenters. The van der Waals surface area contributed by atoms with E-state index in [1.165, 1.54) is 81.9 Å². The molecule has 55 heavy (non-hydrogen) atoms. The second-order valence-electron chi connectivity index (χ2n) is 12.3. The second kappa shape index (κ2) is 17.7. The van der Waals surface area contributed by atoms with Gasteiger partial charge in [0.25, 0.3) is 11.8 Å². The molecule has 17 nitrogen and oxygen atoms in total. The summed E-state index contributed by atoms with van der Waals surface area (Å²) >= 11 is 2.78. The summed E-state index contributed by atoms with van der Waals surface area (Å²) in [4.78, 5) is 75.5. The van der Waals surface area contributed by atoms with Crippen LogP contribution in [0.1, 0.15) is 37.1 Å². The average Bonchev–Trinajstić information content (AvgIpc) is 3.15. The summed E-state index contributed by atoms with van der Waals surface area (Å²) in [5.41, 5.74) is 13.9. The Labute approximate surface area is 323 Å². The number of hydrogen-bond acceptors (Lipinski definition) is 12.